The molecule has 8 heteroatoms. The van der Waals surface area contributed by atoms with E-state index in [2.05, 4.69) is 22.9 Å². The number of rotatable bonds is 8. The molecule has 2 amide bonds. The Morgan fingerprint density at radius 2 is 1.61 bits per heavy atom. The van der Waals surface area contributed by atoms with E-state index in [1.807, 2.05) is 36.4 Å². The van der Waals surface area contributed by atoms with Gasteiger partial charge in [-0.15, -0.1) is 0 Å². The van der Waals surface area contributed by atoms with Gasteiger partial charge in [0, 0.05) is 5.92 Å². The highest BCUT2D eigenvalue weighted by molar-refractivity contribution is 5.90. The minimum Gasteiger partial charge on any atom is -0.479 e. The van der Waals surface area contributed by atoms with Gasteiger partial charge in [0.25, 0.3) is 5.91 Å². The van der Waals surface area contributed by atoms with Gasteiger partial charge in [0.1, 0.15) is 12.1 Å². The van der Waals surface area contributed by atoms with E-state index in [1.54, 1.807) is 6.92 Å². The fourth-order valence-corrected chi connectivity index (χ4v) is 4.12. The number of aliphatic carboxylic acids is 1. The van der Waals surface area contributed by atoms with Crippen LogP contribution in [0.25, 0.3) is 11.1 Å². The fourth-order valence-electron chi connectivity index (χ4n) is 4.12. The third kappa shape index (κ3) is 4.25. The van der Waals surface area contributed by atoms with Crippen molar-refractivity contribution in [2.75, 3.05) is 13.2 Å². The summed E-state index contributed by atoms with van der Waals surface area (Å²) in [6.07, 6.45) is 0.837. The number of carbonyl (C=O) groups excluding carboxylic acids is 2. The highest BCUT2D eigenvalue weighted by atomic mass is 16.7. The van der Waals surface area contributed by atoms with Crippen molar-refractivity contribution < 1.29 is 29.1 Å². The third-order valence-electron chi connectivity index (χ3n) is 5.93. The van der Waals surface area contributed by atoms with E-state index in [9.17, 15) is 14.4 Å². The Labute approximate surface area is 179 Å². The van der Waals surface area contributed by atoms with Gasteiger partial charge in [0.15, 0.2) is 6.61 Å². The van der Waals surface area contributed by atoms with E-state index in [1.165, 1.54) is 0 Å². The van der Waals surface area contributed by atoms with E-state index >= 15 is 0 Å². The highest BCUT2D eigenvalue weighted by Gasteiger charge is 2.49. The van der Waals surface area contributed by atoms with Crippen LogP contribution in [0.5, 0.6) is 0 Å². The number of alkyl carbamates (subject to hydrolysis) is 1. The lowest BCUT2D eigenvalue weighted by Crippen LogP contribution is -2.58. The Bertz CT molecular complexity index is 973. The maximum Gasteiger partial charge on any atom is 0.408 e. The van der Waals surface area contributed by atoms with Crippen molar-refractivity contribution >= 4 is 18.0 Å². The lowest BCUT2D eigenvalue weighted by atomic mass is 9.95. The number of hydrogen-bond donors (Lipinski definition) is 3. The van der Waals surface area contributed by atoms with Crippen molar-refractivity contribution in [3.05, 3.63) is 59.7 Å². The SMILES string of the molecule is CC(NC(=O)OCC1c2ccccc2-c2ccccc21)(C(=O)NOCC(=O)O)C1CC1. The molecule has 4 rings (SSSR count). The zero-order valence-corrected chi connectivity index (χ0v) is 17.1. The quantitative estimate of drug-likeness (QED) is 0.562. The van der Waals surface area contributed by atoms with E-state index in [0.717, 1.165) is 35.1 Å². The second-order valence-corrected chi connectivity index (χ2v) is 8.04. The minimum absolute atomic E-state index is 0.0681. The molecule has 0 spiro atoms. The van der Waals surface area contributed by atoms with E-state index in [0.29, 0.717) is 0 Å². The molecule has 0 bridgehead atoms. The zero-order chi connectivity index (χ0) is 22.0. The first-order valence-electron chi connectivity index (χ1n) is 10.2. The van der Waals surface area contributed by atoms with Crippen LogP contribution in [0.1, 0.15) is 36.8 Å². The van der Waals surface area contributed by atoms with Crippen molar-refractivity contribution in [1.82, 2.24) is 10.8 Å². The molecule has 162 valence electrons. The monoisotopic (exact) mass is 424 g/mol. The topological polar surface area (TPSA) is 114 Å². The van der Waals surface area contributed by atoms with Crippen LogP contribution in [0.2, 0.25) is 0 Å². The molecule has 3 N–H and O–H groups in total. The minimum atomic E-state index is -1.25. The summed E-state index contributed by atoms with van der Waals surface area (Å²) >= 11 is 0. The Hall–Kier alpha value is -3.39. The Balaban J connectivity index is 1.41. The molecule has 0 aromatic heterocycles. The summed E-state index contributed by atoms with van der Waals surface area (Å²) in [5.74, 6) is -1.97. The molecule has 0 heterocycles. The van der Waals surface area contributed by atoms with Crippen LogP contribution in [0.3, 0.4) is 0 Å². The normalized spacial score (nSPS) is 16.5. The third-order valence-corrected chi connectivity index (χ3v) is 5.93. The van der Waals surface area contributed by atoms with Gasteiger partial charge in [-0.3, -0.25) is 9.63 Å². The number of hydrogen-bond acceptors (Lipinski definition) is 5. The van der Waals surface area contributed by atoms with E-state index in [4.69, 9.17) is 14.7 Å². The van der Waals surface area contributed by atoms with Gasteiger partial charge in [-0.1, -0.05) is 48.5 Å². The van der Waals surface area contributed by atoms with Gasteiger partial charge < -0.3 is 15.2 Å². The molecular formula is C23H24N2O6. The van der Waals surface area contributed by atoms with Gasteiger partial charge in [-0.25, -0.2) is 15.1 Å². The number of carboxylic acid groups (broad SMARTS) is 1. The molecule has 31 heavy (non-hydrogen) atoms. The molecule has 0 aliphatic heterocycles. The number of carboxylic acids is 1. The van der Waals surface area contributed by atoms with Gasteiger partial charge in [0.05, 0.1) is 0 Å². The molecule has 2 aliphatic carbocycles. The molecule has 1 atom stereocenters. The molecule has 0 saturated heterocycles. The smallest absolute Gasteiger partial charge is 0.408 e. The van der Waals surface area contributed by atoms with Crippen LogP contribution in [0.15, 0.2) is 48.5 Å². The molecule has 2 aromatic carbocycles. The number of carbonyl (C=O) groups is 3. The van der Waals surface area contributed by atoms with Crippen LogP contribution < -0.4 is 10.8 Å². The first kappa shape index (κ1) is 20.9. The van der Waals surface area contributed by atoms with E-state index in [-0.39, 0.29) is 18.4 Å². The highest BCUT2D eigenvalue weighted by Crippen LogP contribution is 2.44. The summed E-state index contributed by atoms with van der Waals surface area (Å²) in [5.41, 5.74) is 5.32. The predicted molar refractivity (Wildman–Crippen MR) is 111 cm³/mol. The Morgan fingerprint density at radius 3 is 2.16 bits per heavy atom. The second kappa shape index (κ2) is 8.39. The van der Waals surface area contributed by atoms with E-state index < -0.39 is 30.1 Å². The number of ether oxygens (including phenoxy) is 1. The standard InChI is InChI=1S/C23H24N2O6/c1-23(14-10-11-14,21(28)25-31-13-20(26)27)24-22(29)30-12-19-17-8-4-2-6-15(17)16-7-3-5-9-18(16)19/h2-9,14,19H,10-13H2,1H3,(H,24,29)(H,25,28)(H,26,27). The lowest BCUT2D eigenvalue weighted by molar-refractivity contribution is -0.152. The number of benzene rings is 2. The average molecular weight is 424 g/mol. The van der Waals surface area contributed by atoms with Crippen molar-refractivity contribution in [3.8, 4) is 11.1 Å². The summed E-state index contributed by atoms with van der Waals surface area (Å²) in [4.78, 5) is 40.4. The Kier molecular flexibility index (Phi) is 5.65. The molecule has 1 saturated carbocycles. The molecule has 2 aromatic rings. The second-order valence-electron chi connectivity index (χ2n) is 8.04. The molecule has 0 radical (unpaired) electrons. The van der Waals surface area contributed by atoms with Crippen molar-refractivity contribution in [3.63, 3.8) is 0 Å². The summed E-state index contributed by atoms with van der Waals surface area (Å²) < 4.78 is 5.54. The van der Waals surface area contributed by atoms with Crippen LogP contribution in [-0.2, 0) is 19.2 Å². The molecule has 8 nitrogen and oxygen atoms in total. The van der Waals surface area contributed by atoms with Crippen molar-refractivity contribution in [2.45, 2.75) is 31.2 Å². The van der Waals surface area contributed by atoms with Crippen LogP contribution in [-0.4, -0.2) is 41.8 Å². The molecule has 2 aliphatic rings. The molecule has 1 fully saturated rings. The van der Waals surface area contributed by atoms with Gasteiger partial charge in [0.2, 0.25) is 0 Å². The first-order valence-corrected chi connectivity index (χ1v) is 10.2. The van der Waals surface area contributed by atoms with Crippen LogP contribution in [0.4, 0.5) is 4.79 Å². The van der Waals surface area contributed by atoms with Crippen molar-refractivity contribution in [2.24, 2.45) is 5.92 Å². The summed E-state index contributed by atoms with van der Waals surface area (Å²) in [6, 6.07) is 16.1. The summed E-state index contributed by atoms with van der Waals surface area (Å²) in [5, 5.41) is 11.3. The first-order chi connectivity index (χ1) is 14.9. The van der Waals surface area contributed by atoms with Crippen LogP contribution >= 0.6 is 0 Å². The number of hydroxylamine groups is 1. The lowest BCUT2D eigenvalue weighted by Gasteiger charge is -2.29. The summed E-state index contributed by atoms with van der Waals surface area (Å²) in [7, 11) is 0. The maximum atomic E-state index is 12.6. The number of nitrogens with one attached hydrogen (secondary N) is 2. The average Bonchev–Trinajstić information content (AvgIpc) is 3.56. The Morgan fingerprint density at radius 1 is 1.03 bits per heavy atom. The van der Waals surface area contributed by atoms with Gasteiger partial charge in [-0.05, 0) is 47.9 Å². The zero-order valence-electron chi connectivity index (χ0n) is 17.1. The number of fused-ring (bicyclic) bond motifs is 3. The van der Waals surface area contributed by atoms with Gasteiger partial charge in [-0.2, -0.15) is 0 Å². The largest absolute Gasteiger partial charge is 0.479 e. The van der Waals surface area contributed by atoms with Gasteiger partial charge >= 0.3 is 12.1 Å². The number of amides is 2. The van der Waals surface area contributed by atoms with Crippen molar-refractivity contribution in [1.29, 1.82) is 0 Å². The summed E-state index contributed by atoms with van der Waals surface area (Å²) in [6.45, 7) is 1.06. The molecule has 1 unspecified atom stereocenters. The molecular weight excluding hydrogens is 400 g/mol. The maximum absolute atomic E-state index is 12.6. The predicted octanol–water partition coefficient (Wildman–Crippen LogP) is 2.83. The van der Waals surface area contributed by atoms with Crippen LogP contribution in [0, 0.1) is 5.92 Å². The fraction of sp³-hybridized carbons (Fsp3) is 0.348.